The molecule has 1 atom stereocenters. The van der Waals surface area contributed by atoms with Gasteiger partial charge in [-0.2, -0.15) is 0 Å². The minimum absolute atomic E-state index is 0.612. The van der Waals surface area contributed by atoms with E-state index in [-0.39, 0.29) is 0 Å². The highest BCUT2D eigenvalue weighted by Crippen LogP contribution is 2.28. The van der Waals surface area contributed by atoms with Crippen molar-refractivity contribution in [1.29, 1.82) is 0 Å². The van der Waals surface area contributed by atoms with Gasteiger partial charge in [0.05, 0.1) is 0 Å². The van der Waals surface area contributed by atoms with Gasteiger partial charge in [-0.15, -0.1) is 0 Å². The van der Waals surface area contributed by atoms with Gasteiger partial charge >= 0.3 is 0 Å². The summed E-state index contributed by atoms with van der Waals surface area (Å²) >= 11 is 0. The molecular weight excluding hydrogens is 115 g/mol. The van der Waals surface area contributed by atoms with Crippen molar-refractivity contribution >= 4 is 0 Å². The quantitative estimate of drug-likeness (QED) is 0.468. The Morgan fingerprint density at radius 2 is 2.11 bits per heavy atom. The van der Waals surface area contributed by atoms with Crippen molar-refractivity contribution in [2.75, 3.05) is 0 Å². The molecule has 0 amide bonds. The summed E-state index contributed by atoms with van der Waals surface area (Å²) in [5.41, 5.74) is 1.51. The number of rotatable bonds is 0. The van der Waals surface area contributed by atoms with Gasteiger partial charge in [-0.05, 0) is 30.4 Å². The lowest BCUT2D eigenvalue weighted by Gasteiger charge is -2.19. The van der Waals surface area contributed by atoms with Gasteiger partial charge in [0.25, 0.3) is 0 Å². The van der Waals surface area contributed by atoms with Gasteiger partial charge in [-0.25, -0.2) is 4.39 Å². The highest BCUT2D eigenvalue weighted by atomic mass is 19.1. The van der Waals surface area contributed by atoms with E-state index in [1.165, 1.54) is 0 Å². The van der Waals surface area contributed by atoms with Crippen LogP contribution in [-0.2, 0) is 0 Å². The molecule has 0 aromatic heterocycles. The summed E-state index contributed by atoms with van der Waals surface area (Å²) in [6.07, 6.45) is 1.68. The van der Waals surface area contributed by atoms with E-state index in [4.69, 9.17) is 0 Å². The predicted octanol–water partition coefficient (Wildman–Crippen LogP) is 2.62. The van der Waals surface area contributed by atoms with E-state index in [1.807, 2.05) is 0 Å². The van der Waals surface area contributed by atoms with E-state index in [0.717, 1.165) is 18.4 Å². The molecule has 0 aliphatic heterocycles. The Hall–Kier alpha value is -0.590. The molecule has 1 saturated carbocycles. The van der Waals surface area contributed by atoms with Gasteiger partial charge in [0.2, 0.25) is 0 Å². The van der Waals surface area contributed by atoms with Crippen molar-refractivity contribution in [2.45, 2.75) is 25.4 Å². The molecule has 0 radical (unpaired) electrons. The summed E-state index contributed by atoms with van der Waals surface area (Å²) < 4.78 is 12.7. The van der Waals surface area contributed by atoms with Crippen LogP contribution < -0.4 is 0 Å². The summed E-state index contributed by atoms with van der Waals surface area (Å²) in [4.78, 5) is 0. The molecule has 9 heavy (non-hydrogen) atoms. The van der Waals surface area contributed by atoms with E-state index < -0.39 is 6.17 Å². The topological polar surface area (TPSA) is 0 Å². The van der Waals surface area contributed by atoms with Gasteiger partial charge in [0, 0.05) is 0 Å². The Bertz CT molecular complexity index is 147. The monoisotopic (exact) mass is 126 g/mol. The highest BCUT2D eigenvalue weighted by molar-refractivity contribution is 5.30. The number of hydrogen-bond donors (Lipinski definition) is 0. The van der Waals surface area contributed by atoms with Crippen molar-refractivity contribution in [3.63, 3.8) is 0 Å². The van der Waals surface area contributed by atoms with Crippen LogP contribution >= 0.6 is 0 Å². The molecule has 0 saturated heterocycles. The Balaban J connectivity index is 2.62. The summed E-state index contributed by atoms with van der Waals surface area (Å²) in [7, 11) is 0. The van der Waals surface area contributed by atoms with Crippen molar-refractivity contribution in [1.82, 2.24) is 0 Å². The van der Waals surface area contributed by atoms with Crippen LogP contribution in [-0.4, -0.2) is 6.17 Å². The molecule has 1 rings (SSSR count). The molecule has 0 aromatic carbocycles. The molecule has 0 nitrogen and oxygen atoms in total. The second-order valence-electron chi connectivity index (χ2n) is 2.49. The first kappa shape index (κ1) is 6.53. The molecule has 1 unspecified atom stereocenters. The minimum Gasteiger partial charge on any atom is -0.242 e. The number of allylic oxidation sites excluding steroid dienone is 2. The number of halogens is 1. The largest absolute Gasteiger partial charge is 0.242 e. The zero-order valence-electron chi connectivity index (χ0n) is 5.49. The molecule has 0 aromatic rings. The second-order valence-corrected chi connectivity index (χ2v) is 2.49. The first-order valence-corrected chi connectivity index (χ1v) is 3.23. The highest BCUT2D eigenvalue weighted by Gasteiger charge is 2.18. The third-order valence-corrected chi connectivity index (χ3v) is 1.77. The molecule has 1 aliphatic carbocycles. The lowest BCUT2D eigenvalue weighted by atomic mass is 9.90. The fraction of sp³-hybridized carbons (Fsp3) is 0.500. The first-order valence-electron chi connectivity index (χ1n) is 3.23. The maximum atomic E-state index is 12.7. The molecule has 1 fully saturated rings. The van der Waals surface area contributed by atoms with Crippen LogP contribution in [0.2, 0.25) is 0 Å². The Labute approximate surface area is 55.1 Å². The van der Waals surface area contributed by atoms with Crippen molar-refractivity contribution in [3.05, 3.63) is 24.3 Å². The lowest BCUT2D eigenvalue weighted by molar-refractivity contribution is 0.340. The Kier molecular flexibility index (Phi) is 1.70. The molecule has 1 aliphatic rings. The molecule has 1 heteroatoms. The van der Waals surface area contributed by atoms with E-state index in [9.17, 15) is 4.39 Å². The molecule has 0 bridgehead atoms. The van der Waals surface area contributed by atoms with Crippen molar-refractivity contribution in [3.8, 4) is 0 Å². The number of hydrogen-bond acceptors (Lipinski definition) is 0. The van der Waals surface area contributed by atoms with Gasteiger partial charge < -0.3 is 0 Å². The van der Waals surface area contributed by atoms with Crippen LogP contribution in [0, 0.1) is 0 Å². The second kappa shape index (κ2) is 2.34. The van der Waals surface area contributed by atoms with Crippen molar-refractivity contribution < 1.29 is 4.39 Å². The summed E-state index contributed by atoms with van der Waals surface area (Å²) in [6, 6.07) is 0. The molecular formula is C8H11F. The van der Waals surface area contributed by atoms with Crippen LogP contribution in [0.3, 0.4) is 0 Å². The summed E-state index contributed by atoms with van der Waals surface area (Å²) in [6.45, 7) is 7.31. The van der Waals surface area contributed by atoms with Crippen LogP contribution in [0.25, 0.3) is 0 Å². The van der Waals surface area contributed by atoms with E-state index >= 15 is 0 Å². The van der Waals surface area contributed by atoms with E-state index in [0.29, 0.717) is 12.0 Å². The van der Waals surface area contributed by atoms with Gasteiger partial charge in [0.15, 0.2) is 0 Å². The normalized spacial score (nSPS) is 28.8. The number of alkyl halides is 1. The molecule has 0 heterocycles. The third-order valence-electron chi connectivity index (χ3n) is 1.77. The minimum atomic E-state index is -0.814. The average Bonchev–Trinajstić information content (AvgIpc) is 1.83. The fourth-order valence-corrected chi connectivity index (χ4v) is 1.05. The van der Waals surface area contributed by atoms with Crippen LogP contribution in [0.15, 0.2) is 24.3 Å². The van der Waals surface area contributed by atoms with Crippen LogP contribution in [0.5, 0.6) is 0 Å². The molecule has 0 spiro atoms. The average molecular weight is 126 g/mol. The predicted molar refractivity (Wildman–Crippen MR) is 37.0 cm³/mol. The Morgan fingerprint density at radius 3 is 2.56 bits per heavy atom. The maximum Gasteiger partial charge on any atom is 0.125 e. The van der Waals surface area contributed by atoms with Crippen LogP contribution in [0.4, 0.5) is 4.39 Å². The zero-order valence-corrected chi connectivity index (χ0v) is 5.49. The third kappa shape index (κ3) is 1.21. The zero-order chi connectivity index (χ0) is 6.85. The van der Waals surface area contributed by atoms with Gasteiger partial charge in [-0.3, -0.25) is 0 Å². The Morgan fingerprint density at radius 1 is 1.44 bits per heavy atom. The molecule has 50 valence electrons. The van der Waals surface area contributed by atoms with Crippen LogP contribution in [0.1, 0.15) is 19.3 Å². The maximum absolute atomic E-state index is 12.7. The lowest BCUT2D eigenvalue weighted by Crippen LogP contribution is -2.10. The summed E-state index contributed by atoms with van der Waals surface area (Å²) in [5.74, 6) is 0. The summed E-state index contributed by atoms with van der Waals surface area (Å²) in [5, 5.41) is 0. The van der Waals surface area contributed by atoms with Gasteiger partial charge in [0.1, 0.15) is 6.17 Å². The standard InChI is InChI=1S/C8H11F/c1-6-4-3-5-8(9)7(6)2/h8H,1-5H2. The molecule has 0 N–H and O–H groups in total. The van der Waals surface area contributed by atoms with E-state index in [2.05, 4.69) is 13.2 Å². The smallest absolute Gasteiger partial charge is 0.125 e. The SMILES string of the molecule is C=C1CCCC(F)C1=C. The first-order chi connectivity index (χ1) is 4.22. The van der Waals surface area contributed by atoms with E-state index in [1.54, 1.807) is 0 Å². The fourth-order valence-electron chi connectivity index (χ4n) is 1.05. The van der Waals surface area contributed by atoms with Gasteiger partial charge in [-0.1, -0.05) is 13.2 Å². The van der Waals surface area contributed by atoms with Crippen molar-refractivity contribution in [2.24, 2.45) is 0 Å².